The van der Waals surface area contributed by atoms with Gasteiger partial charge in [0.1, 0.15) is 0 Å². The van der Waals surface area contributed by atoms with Gasteiger partial charge < -0.3 is 4.57 Å². The molecule has 0 spiro atoms. The summed E-state index contributed by atoms with van der Waals surface area (Å²) in [5, 5.41) is 11.7. The first-order chi connectivity index (χ1) is 10.1. The maximum atomic E-state index is 12.2. The zero-order chi connectivity index (χ0) is 14.8. The van der Waals surface area contributed by atoms with E-state index in [1.54, 1.807) is 29.0 Å². The largest absolute Gasteiger partial charge is 0.339 e. The van der Waals surface area contributed by atoms with Gasteiger partial charge in [-0.15, -0.1) is 0 Å². The van der Waals surface area contributed by atoms with Crippen molar-refractivity contribution in [3.8, 4) is 0 Å². The van der Waals surface area contributed by atoms with Crippen LogP contribution in [-0.4, -0.2) is 15.3 Å². The van der Waals surface area contributed by atoms with Crippen LogP contribution in [0.4, 0.5) is 5.69 Å². The Morgan fingerprint density at radius 3 is 2.57 bits per heavy atom. The van der Waals surface area contributed by atoms with Crippen LogP contribution in [0.1, 0.15) is 10.4 Å². The van der Waals surface area contributed by atoms with E-state index >= 15 is 0 Å². The highest BCUT2D eigenvalue weighted by Gasteiger charge is 2.12. The maximum absolute atomic E-state index is 12.2. The van der Waals surface area contributed by atoms with Crippen LogP contribution in [0.15, 0.2) is 60.8 Å². The molecule has 104 valence electrons. The lowest BCUT2D eigenvalue weighted by Gasteiger charge is -2.05. The number of aromatic nitrogens is 1. The van der Waals surface area contributed by atoms with Crippen LogP contribution in [0.2, 0.25) is 0 Å². The summed E-state index contributed by atoms with van der Waals surface area (Å²) in [6, 6.07) is 15.5. The fourth-order valence-electron chi connectivity index (χ4n) is 2.29. The molecule has 0 N–H and O–H groups in total. The minimum absolute atomic E-state index is 0.0228. The molecule has 0 unspecified atom stereocenters. The van der Waals surface area contributed by atoms with Crippen molar-refractivity contribution in [3.05, 3.63) is 76.5 Å². The van der Waals surface area contributed by atoms with Gasteiger partial charge in [-0.05, 0) is 12.1 Å². The molecular weight excluding hydrogens is 268 g/mol. The Labute approximate surface area is 120 Å². The fourth-order valence-corrected chi connectivity index (χ4v) is 2.29. The van der Waals surface area contributed by atoms with Crippen molar-refractivity contribution in [2.75, 3.05) is 0 Å². The first-order valence-corrected chi connectivity index (χ1v) is 6.47. The predicted octanol–water partition coefficient (Wildman–Crippen LogP) is 3.43. The van der Waals surface area contributed by atoms with E-state index in [2.05, 4.69) is 0 Å². The molecule has 0 bridgehead atoms. The molecule has 21 heavy (non-hydrogen) atoms. The number of benzene rings is 2. The highest BCUT2D eigenvalue weighted by Crippen LogP contribution is 2.22. The lowest BCUT2D eigenvalue weighted by molar-refractivity contribution is -0.384. The smallest absolute Gasteiger partial charge is 0.271 e. The number of Topliss-reactive ketones (excluding diaryl/α,β-unsaturated/α-hetero) is 1. The minimum Gasteiger partial charge on any atom is -0.339 e. The summed E-state index contributed by atoms with van der Waals surface area (Å²) < 4.78 is 1.73. The van der Waals surface area contributed by atoms with Gasteiger partial charge in [0.15, 0.2) is 5.78 Å². The van der Waals surface area contributed by atoms with E-state index in [1.807, 2.05) is 24.3 Å². The summed E-state index contributed by atoms with van der Waals surface area (Å²) in [4.78, 5) is 22.6. The van der Waals surface area contributed by atoms with Crippen molar-refractivity contribution in [3.63, 3.8) is 0 Å². The number of ketones is 1. The Morgan fingerprint density at radius 1 is 1.10 bits per heavy atom. The molecule has 0 atom stereocenters. The van der Waals surface area contributed by atoms with Crippen molar-refractivity contribution in [2.24, 2.45) is 0 Å². The quantitative estimate of drug-likeness (QED) is 0.418. The first kappa shape index (κ1) is 13.1. The summed E-state index contributed by atoms with van der Waals surface area (Å²) >= 11 is 0. The summed E-state index contributed by atoms with van der Waals surface area (Å²) in [6.07, 6.45) is 1.77. The molecule has 5 heteroatoms. The number of hydrogen-bond donors (Lipinski definition) is 0. The molecule has 0 saturated carbocycles. The Hall–Kier alpha value is -2.95. The zero-order valence-corrected chi connectivity index (χ0v) is 11.1. The van der Waals surface area contributed by atoms with Crippen LogP contribution in [0.5, 0.6) is 0 Å². The van der Waals surface area contributed by atoms with Gasteiger partial charge in [-0.1, -0.05) is 30.3 Å². The fraction of sp³-hybridized carbons (Fsp3) is 0.0625. The second-order valence-electron chi connectivity index (χ2n) is 4.73. The van der Waals surface area contributed by atoms with E-state index in [0.717, 1.165) is 5.39 Å². The summed E-state index contributed by atoms with van der Waals surface area (Å²) in [7, 11) is 0. The Kier molecular flexibility index (Phi) is 3.23. The van der Waals surface area contributed by atoms with Gasteiger partial charge in [-0.25, -0.2) is 0 Å². The van der Waals surface area contributed by atoms with E-state index in [0.29, 0.717) is 11.1 Å². The first-order valence-electron chi connectivity index (χ1n) is 6.47. The normalized spacial score (nSPS) is 10.7. The number of nitrogens with zero attached hydrogens (tertiary/aromatic N) is 2. The third kappa shape index (κ3) is 2.53. The van der Waals surface area contributed by atoms with E-state index in [4.69, 9.17) is 0 Å². The van der Waals surface area contributed by atoms with Gasteiger partial charge in [0.2, 0.25) is 0 Å². The average molecular weight is 280 g/mol. The maximum Gasteiger partial charge on any atom is 0.271 e. The van der Waals surface area contributed by atoms with Crippen LogP contribution in [-0.2, 0) is 6.54 Å². The van der Waals surface area contributed by atoms with Gasteiger partial charge in [-0.3, -0.25) is 14.9 Å². The van der Waals surface area contributed by atoms with E-state index < -0.39 is 4.92 Å². The number of carbonyl (C=O) groups is 1. The van der Waals surface area contributed by atoms with Crippen molar-refractivity contribution in [1.29, 1.82) is 0 Å². The summed E-state index contributed by atoms with van der Waals surface area (Å²) in [5.74, 6) is -0.0281. The Bertz CT molecular complexity index is 822. The predicted molar refractivity (Wildman–Crippen MR) is 79.4 cm³/mol. The average Bonchev–Trinajstić information content (AvgIpc) is 2.90. The van der Waals surface area contributed by atoms with Crippen LogP contribution < -0.4 is 0 Å². The van der Waals surface area contributed by atoms with E-state index in [1.165, 1.54) is 12.1 Å². The molecular formula is C16H12N2O3. The molecule has 3 aromatic rings. The molecule has 0 saturated heterocycles. The molecule has 1 heterocycles. The molecule has 0 aliphatic carbocycles. The van der Waals surface area contributed by atoms with Gasteiger partial charge >= 0.3 is 0 Å². The van der Waals surface area contributed by atoms with Crippen molar-refractivity contribution >= 4 is 22.4 Å². The molecule has 0 fully saturated rings. The number of fused-ring (bicyclic) bond motifs is 1. The molecule has 0 radical (unpaired) electrons. The summed E-state index contributed by atoms with van der Waals surface area (Å²) in [6.45, 7) is 0.161. The lowest BCUT2D eigenvalue weighted by Crippen LogP contribution is -2.09. The number of non-ortho nitro benzene ring substituents is 1. The number of nitro benzene ring substituents is 1. The lowest BCUT2D eigenvalue weighted by atomic mass is 10.1. The van der Waals surface area contributed by atoms with Crippen LogP contribution in [0.3, 0.4) is 0 Å². The third-order valence-electron chi connectivity index (χ3n) is 3.38. The Balaban J connectivity index is 1.95. The standard InChI is InChI=1S/C16H12N2O3/c19-16(13-4-2-1-3-5-13)11-17-9-8-12-6-7-14(18(20)21)10-15(12)17/h1-10H,11H2. The van der Waals surface area contributed by atoms with Gasteiger partial charge in [0.05, 0.1) is 17.0 Å². The van der Waals surface area contributed by atoms with Gasteiger partial charge in [0, 0.05) is 29.3 Å². The van der Waals surface area contributed by atoms with Gasteiger partial charge in [-0.2, -0.15) is 0 Å². The molecule has 0 amide bonds. The SMILES string of the molecule is O=C(Cn1ccc2ccc([N+](=O)[O-])cc21)c1ccccc1. The van der Waals surface area contributed by atoms with Crippen molar-refractivity contribution in [1.82, 2.24) is 4.57 Å². The van der Waals surface area contributed by atoms with Crippen molar-refractivity contribution < 1.29 is 9.72 Å². The van der Waals surface area contributed by atoms with E-state index in [9.17, 15) is 14.9 Å². The molecule has 3 rings (SSSR count). The monoisotopic (exact) mass is 280 g/mol. The van der Waals surface area contributed by atoms with Crippen LogP contribution in [0, 0.1) is 10.1 Å². The molecule has 5 nitrogen and oxygen atoms in total. The molecule has 0 aliphatic heterocycles. The zero-order valence-electron chi connectivity index (χ0n) is 11.1. The number of nitro groups is 1. The molecule has 0 aliphatic rings. The van der Waals surface area contributed by atoms with Crippen molar-refractivity contribution in [2.45, 2.75) is 6.54 Å². The Morgan fingerprint density at radius 2 is 1.86 bits per heavy atom. The second-order valence-corrected chi connectivity index (χ2v) is 4.73. The molecule has 2 aromatic carbocycles. The van der Waals surface area contributed by atoms with Crippen LogP contribution >= 0.6 is 0 Å². The highest BCUT2D eigenvalue weighted by atomic mass is 16.6. The third-order valence-corrected chi connectivity index (χ3v) is 3.38. The van der Waals surface area contributed by atoms with Crippen LogP contribution in [0.25, 0.3) is 10.9 Å². The number of rotatable bonds is 4. The number of carbonyl (C=O) groups excluding carboxylic acids is 1. The topological polar surface area (TPSA) is 65.1 Å². The van der Waals surface area contributed by atoms with E-state index in [-0.39, 0.29) is 18.0 Å². The highest BCUT2D eigenvalue weighted by molar-refractivity contribution is 5.97. The second kappa shape index (κ2) is 5.20. The molecule has 1 aromatic heterocycles. The number of hydrogen-bond acceptors (Lipinski definition) is 3. The summed E-state index contributed by atoms with van der Waals surface area (Å²) in [5.41, 5.74) is 1.34. The van der Waals surface area contributed by atoms with Gasteiger partial charge in [0.25, 0.3) is 5.69 Å². The minimum atomic E-state index is -0.435.